The van der Waals surface area contributed by atoms with E-state index in [1.807, 2.05) is 117 Å². The fraction of sp³-hybridized carbons (Fsp3) is 0.323. The first kappa shape index (κ1) is 26.4. The molecule has 2 aliphatic heterocycles. The van der Waals surface area contributed by atoms with Gasteiger partial charge in [0.1, 0.15) is 18.2 Å². The first-order valence-corrected chi connectivity index (χ1v) is 13.1. The van der Waals surface area contributed by atoms with Gasteiger partial charge in [0.2, 0.25) is 0 Å². The minimum absolute atomic E-state index is 0.0877. The molecule has 2 aliphatic rings. The minimum Gasteiger partial charge on any atom is -0.460 e. The van der Waals surface area contributed by atoms with Crippen molar-refractivity contribution in [3.05, 3.63) is 108 Å². The highest BCUT2D eigenvalue weighted by Gasteiger charge is 2.59. The zero-order valence-corrected chi connectivity index (χ0v) is 22.3. The Kier molecular flexibility index (Phi) is 7.39. The lowest BCUT2D eigenvalue weighted by Gasteiger charge is -2.33. The van der Waals surface area contributed by atoms with Crippen molar-refractivity contribution in [3.8, 4) is 0 Å². The van der Waals surface area contributed by atoms with Crippen molar-refractivity contribution in [2.24, 2.45) is 5.92 Å². The smallest absolute Gasteiger partial charge is 0.408 e. The van der Waals surface area contributed by atoms with E-state index in [0.717, 1.165) is 16.7 Å². The van der Waals surface area contributed by atoms with Crippen molar-refractivity contribution in [2.45, 2.75) is 51.1 Å². The Bertz CT molecular complexity index is 1310. The molecule has 0 saturated carbocycles. The maximum atomic E-state index is 13.9. The number of fused-ring (bicyclic) bond motifs is 1. The highest BCUT2D eigenvalue weighted by atomic mass is 16.6. The zero-order chi connectivity index (χ0) is 27.6. The Balaban J connectivity index is 1.48. The second-order valence-corrected chi connectivity index (χ2v) is 10.8. The third-order valence-corrected chi connectivity index (χ3v) is 6.91. The van der Waals surface area contributed by atoms with Gasteiger partial charge in [-0.15, -0.1) is 0 Å². The maximum absolute atomic E-state index is 13.9. The largest absolute Gasteiger partial charge is 0.460 e. The van der Waals surface area contributed by atoms with E-state index in [1.54, 1.807) is 5.01 Å². The number of benzene rings is 3. The third-order valence-electron chi connectivity index (χ3n) is 6.91. The number of amides is 2. The number of hydrogen-bond acceptors (Lipinski definition) is 6. The van der Waals surface area contributed by atoms with Gasteiger partial charge >= 0.3 is 12.1 Å². The highest BCUT2D eigenvalue weighted by molar-refractivity contribution is 5.89. The number of hydrazine groups is 1. The molecule has 2 saturated heterocycles. The number of esters is 1. The molecule has 3 aromatic rings. The van der Waals surface area contributed by atoms with E-state index in [4.69, 9.17) is 9.47 Å². The fourth-order valence-electron chi connectivity index (χ4n) is 5.33. The summed E-state index contributed by atoms with van der Waals surface area (Å²) < 4.78 is 11.2. The van der Waals surface area contributed by atoms with E-state index in [0.29, 0.717) is 0 Å². The van der Waals surface area contributed by atoms with Crippen molar-refractivity contribution in [1.82, 2.24) is 15.3 Å². The predicted octanol–water partition coefficient (Wildman–Crippen LogP) is 4.79. The Morgan fingerprint density at radius 1 is 0.846 bits per heavy atom. The number of nitrogens with one attached hydrogen (secondary N) is 1. The van der Waals surface area contributed by atoms with Gasteiger partial charge in [0, 0.05) is 0 Å². The van der Waals surface area contributed by atoms with E-state index < -0.39 is 35.7 Å². The summed E-state index contributed by atoms with van der Waals surface area (Å²) in [6, 6.07) is 26.6. The summed E-state index contributed by atoms with van der Waals surface area (Å²) in [5.74, 6) is -1.27. The van der Waals surface area contributed by atoms with Crippen molar-refractivity contribution >= 4 is 18.0 Å². The van der Waals surface area contributed by atoms with Crippen LogP contribution in [-0.2, 0) is 25.7 Å². The lowest BCUT2D eigenvalue weighted by Crippen LogP contribution is -2.45. The molecular weight excluding hydrogens is 494 g/mol. The molecule has 2 fully saturated rings. The van der Waals surface area contributed by atoms with Gasteiger partial charge in [-0.1, -0.05) is 91.0 Å². The summed E-state index contributed by atoms with van der Waals surface area (Å²) in [6.45, 7) is 5.73. The molecule has 1 N–H and O–H groups in total. The van der Waals surface area contributed by atoms with Gasteiger partial charge in [-0.3, -0.25) is 14.6 Å². The number of ether oxygens (including phenoxy) is 2. The zero-order valence-electron chi connectivity index (χ0n) is 22.3. The molecule has 8 heteroatoms. The normalized spacial score (nSPS) is 22.8. The predicted molar refractivity (Wildman–Crippen MR) is 145 cm³/mol. The molecule has 39 heavy (non-hydrogen) atoms. The van der Waals surface area contributed by atoms with E-state index in [1.165, 1.54) is 0 Å². The summed E-state index contributed by atoms with van der Waals surface area (Å²) in [5, 5.41) is 6.34. The van der Waals surface area contributed by atoms with Crippen LogP contribution in [0.3, 0.4) is 0 Å². The van der Waals surface area contributed by atoms with Gasteiger partial charge in [-0.2, -0.15) is 0 Å². The quantitative estimate of drug-likeness (QED) is 0.464. The molecule has 3 aromatic carbocycles. The molecule has 2 heterocycles. The summed E-state index contributed by atoms with van der Waals surface area (Å²) >= 11 is 0. The monoisotopic (exact) mass is 527 g/mol. The van der Waals surface area contributed by atoms with Crippen LogP contribution < -0.4 is 5.32 Å². The van der Waals surface area contributed by atoms with E-state index in [-0.39, 0.29) is 25.0 Å². The lowest BCUT2D eigenvalue weighted by molar-refractivity contribution is -0.160. The molecule has 0 radical (unpaired) electrons. The summed E-state index contributed by atoms with van der Waals surface area (Å²) in [5.41, 5.74) is 1.90. The van der Waals surface area contributed by atoms with Crippen LogP contribution in [0.1, 0.15) is 49.5 Å². The lowest BCUT2D eigenvalue weighted by atomic mass is 9.90. The Hall–Kier alpha value is -4.17. The van der Waals surface area contributed by atoms with Crippen molar-refractivity contribution in [1.29, 1.82) is 0 Å². The first-order valence-electron chi connectivity index (χ1n) is 13.1. The van der Waals surface area contributed by atoms with E-state index in [9.17, 15) is 14.4 Å². The van der Waals surface area contributed by atoms with Gasteiger partial charge in [0.05, 0.1) is 24.5 Å². The second kappa shape index (κ2) is 10.9. The molecule has 202 valence electrons. The molecule has 0 aromatic heterocycles. The third kappa shape index (κ3) is 5.66. The van der Waals surface area contributed by atoms with Gasteiger partial charge in [0.15, 0.2) is 0 Å². The first-order chi connectivity index (χ1) is 18.7. The van der Waals surface area contributed by atoms with Crippen LogP contribution in [0.2, 0.25) is 0 Å². The Labute approximate surface area is 228 Å². The van der Waals surface area contributed by atoms with Gasteiger partial charge in [-0.25, -0.2) is 9.80 Å². The van der Waals surface area contributed by atoms with Crippen LogP contribution in [0.4, 0.5) is 4.79 Å². The Morgan fingerprint density at radius 2 is 1.38 bits per heavy atom. The average molecular weight is 528 g/mol. The molecule has 5 rings (SSSR count). The number of rotatable bonds is 6. The molecule has 2 amide bonds. The molecular formula is C31H33N3O5. The van der Waals surface area contributed by atoms with E-state index >= 15 is 0 Å². The van der Waals surface area contributed by atoms with Crippen LogP contribution in [0, 0.1) is 5.92 Å². The average Bonchev–Trinajstić information content (AvgIpc) is 3.43. The standard InChI is InChI=1S/C31H33N3O5/c1-31(2,3)39-29(36)24-19-33-28(35)25(32-30(37)38-20-21-13-7-4-8-14-21)27(23-17-11-6-12-18-23)34(33)26(24)22-15-9-5-10-16-22/h4-18,24-27H,19-20H2,1-3H3,(H,32,37)/t24-,25-,26+,27-/m1/s1. The molecule has 0 aliphatic carbocycles. The number of hydrogen-bond donors (Lipinski definition) is 1. The van der Waals surface area contributed by atoms with Crippen LogP contribution in [0.25, 0.3) is 0 Å². The number of carbonyl (C=O) groups excluding carboxylic acids is 3. The van der Waals surface area contributed by atoms with E-state index in [2.05, 4.69) is 5.32 Å². The van der Waals surface area contributed by atoms with Crippen LogP contribution in [0.5, 0.6) is 0 Å². The SMILES string of the molecule is CC(C)(C)OC(=O)[C@@H]1CN2C(=O)[C@H](NC(=O)OCc3ccccc3)[C@@H](c3ccccc3)N2[C@H]1c1ccccc1. The van der Waals surface area contributed by atoms with Crippen molar-refractivity contribution in [2.75, 3.05) is 6.54 Å². The van der Waals surface area contributed by atoms with Crippen molar-refractivity contribution < 1.29 is 23.9 Å². The topological polar surface area (TPSA) is 88.2 Å². The second-order valence-electron chi connectivity index (χ2n) is 10.8. The highest BCUT2D eigenvalue weighted by Crippen LogP contribution is 2.48. The van der Waals surface area contributed by atoms with Crippen LogP contribution in [-0.4, -0.2) is 46.2 Å². The van der Waals surface area contributed by atoms with Crippen molar-refractivity contribution in [3.63, 3.8) is 0 Å². The summed E-state index contributed by atoms with van der Waals surface area (Å²) in [4.78, 5) is 40.2. The molecule has 4 atom stereocenters. The molecule has 0 spiro atoms. The summed E-state index contributed by atoms with van der Waals surface area (Å²) in [7, 11) is 0. The number of alkyl carbamates (subject to hydrolysis) is 1. The Morgan fingerprint density at radius 3 is 1.95 bits per heavy atom. The number of carbonyl (C=O) groups is 3. The molecule has 0 unspecified atom stereocenters. The van der Waals surface area contributed by atoms with Gasteiger partial charge in [0.25, 0.3) is 5.91 Å². The summed E-state index contributed by atoms with van der Waals surface area (Å²) in [6.07, 6.45) is -0.680. The molecule has 8 nitrogen and oxygen atoms in total. The van der Waals surface area contributed by atoms with Gasteiger partial charge in [-0.05, 0) is 37.5 Å². The van der Waals surface area contributed by atoms with Crippen LogP contribution in [0.15, 0.2) is 91.0 Å². The molecule has 0 bridgehead atoms. The minimum atomic E-state index is -0.901. The van der Waals surface area contributed by atoms with Gasteiger partial charge < -0.3 is 14.8 Å². The maximum Gasteiger partial charge on any atom is 0.408 e. The van der Waals surface area contributed by atoms with Crippen LogP contribution >= 0.6 is 0 Å². The number of nitrogens with zero attached hydrogens (tertiary/aromatic N) is 2. The fourth-order valence-corrected chi connectivity index (χ4v) is 5.33.